The highest BCUT2D eigenvalue weighted by atomic mass is 16.5. The van der Waals surface area contributed by atoms with Gasteiger partial charge in [0.15, 0.2) is 0 Å². The molecule has 1 saturated carbocycles. The second-order valence-corrected chi connectivity index (χ2v) is 7.61. The molecule has 2 rings (SSSR count). The second-order valence-electron chi connectivity index (χ2n) is 7.61. The van der Waals surface area contributed by atoms with Crippen molar-refractivity contribution in [1.82, 2.24) is 0 Å². The number of carboxylic acid groups (broad SMARTS) is 1. The van der Waals surface area contributed by atoms with Gasteiger partial charge in [-0.1, -0.05) is 56.0 Å². The molecule has 1 aliphatic carbocycles. The third-order valence-electron chi connectivity index (χ3n) is 5.60. The van der Waals surface area contributed by atoms with Crippen molar-refractivity contribution in [3.05, 3.63) is 35.9 Å². The summed E-state index contributed by atoms with van der Waals surface area (Å²) in [5.74, 6) is -2.44. The molecule has 5 N–H and O–H groups in total. The molecule has 2 unspecified atom stereocenters. The molecule has 0 bridgehead atoms. The van der Waals surface area contributed by atoms with Crippen LogP contribution in [0.2, 0.25) is 0 Å². The number of carboxylic acids is 1. The number of hydrogen-bond acceptors (Lipinski definition) is 5. The van der Waals surface area contributed by atoms with E-state index >= 15 is 0 Å². The Kier molecular flexibility index (Phi) is 8.44. The van der Waals surface area contributed by atoms with Crippen LogP contribution in [-0.2, 0) is 25.7 Å². The maximum absolute atomic E-state index is 12.4. The minimum absolute atomic E-state index is 0.0138. The number of benzene rings is 1. The summed E-state index contributed by atoms with van der Waals surface area (Å²) in [4.78, 5) is 35.1. The van der Waals surface area contributed by atoms with E-state index in [1.165, 1.54) is 0 Å². The number of ether oxygens (including phenoxy) is 1. The molecule has 0 aromatic heterocycles. The monoisotopic (exact) mass is 390 g/mol. The molecule has 0 radical (unpaired) electrons. The van der Waals surface area contributed by atoms with Gasteiger partial charge in [-0.3, -0.25) is 14.4 Å². The minimum atomic E-state index is -1.12. The maximum Gasteiger partial charge on any atom is 0.320 e. The van der Waals surface area contributed by atoms with Crippen LogP contribution in [0.25, 0.3) is 0 Å². The molecule has 0 spiro atoms. The van der Waals surface area contributed by atoms with Crippen molar-refractivity contribution in [3.8, 4) is 0 Å². The highest BCUT2D eigenvalue weighted by Crippen LogP contribution is 2.34. The van der Waals surface area contributed by atoms with E-state index in [0.717, 1.165) is 31.2 Å². The number of aliphatic carboxylic acids is 1. The van der Waals surface area contributed by atoms with E-state index in [-0.39, 0.29) is 30.8 Å². The quantitative estimate of drug-likeness (QED) is 0.583. The van der Waals surface area contributed by atoms with Gasteiger partial charge in [-0.15, -0.1) is 0 Å². The molecular formula is C21H30N2O5. The highest BCUT2D eigenvalue weighted by Gasteiger charge is 2.34. The zero-order chi connectivity index (χ0) is 20.5. The van der Waals surface area contributed by atoms with Crippen LogP contribution in [0.1, 0.15) is 50.5 Å². The summed E-state index contributed by atoms with van der Waals surface area (Å²) in [7, 11) is 0. The molecule has 0 aliphatic heterocycles. The van der Waals surface area contributed by atoms with Crippen LogP contribution in [0.15, 0.2) is 30.3 Å². The lowest BCUT2D eigenvalue weighted by Crippen LogP contribution is -2.43. The van der Waals surface area contributed by atoms with Gasteiger partial charge < -0.3 is 21.3 Å². The van der Waals surface area contributed by atoms with E-state index in [4.69, 9.17) is 16.2 Å². The summed E-state index contributed by atoms with van der Waals surface area (Å²) < 4.78 is 5.46. The van der Waals surface area contributed by atoms with E-state index in [9.17, 15) is 19.5 Å². The van der Waals surface area contributed by atoms with Gasteiger partial charge in [0, 0.05) is 6.42 Å². The lowest BCUT2D eigenvalue weighted by Gasteiger charge is -2.31. The number of nitrogens with two attached hydrogens (primary N) is 2. The van der Waals surface area contributed by atoms with Crippen molar-refractivity contribution < 1.29 is 24.2 Å². The molecule has 7 nitrogen and oxygen atoms in total. The number of rotatable bonds is 8. The van der Waals surface area contributed by atoms with Gasteiger partial charge in [-0.25, -0.2) is 0 Å². The summed E-state index contributed by atoms with van der Waals surface area (Å²) in [6, 6.07) is 8.45. The predicted octanol–water partition coefficient (Wildman–Crippen LogP) is 2.22. The molecule has 1 aliphatic rings. The molecule has 2 atom stereocenters. The first-order chi connectivity index (χ1) is 13.4. The summed E-state index contributed by atoms with van der Waals surface area (Å²) in [5, 5.41) is 9.25. The first-order valence-electron chi connectivity index (χ1n) is 9.85. The number of esters is 1. The third kappa shape index (κ3) is 6.64. The fraction of sp³-hybridized carbons (Fsp3) is 0.571. The van der Waals surface area contributed by atoms with Gasteiger partial charge in [-0.2, -0.15) is 0 Å². The first-order valence-corrected chi connectivity index (χ1v) is 9.85. The van der Waals surface area contributed by atoms with Gasteiger partial charge in [0.25, 0.3) is 0 Å². The lowest BCUT2D eigenvalue weighted by atomic mass is 9.75. The third-order valence-corrected chi connectivity index (χ3v) is 5.60. The van der Waals surface area contributed by atoms with Crippen LogP contribution < -0.4 is 11.5 Å². The average Bonchev–Trinajstić information content (AvgIpc) is 2.64. The van der Waals surface area contributed by atoms with Crippen LogP contribution in [0.4, 0.5) is 0 Å². The minimum Gasteiger partial charge on any atom is -0.480 e. The van der Waals surface area contributed by atoms with Crippen LogP contribution in [0.5, 0.6) is 0 Å². The van der Waals surface area contributed by atoms with Gasteiger partial charge >= 0.3 is 11.9 Å². The smallest absolute Gasteiger partial charge is 0.320 e. The summed E-state index contributed by atoms with van der Waals surface area (Å²) in [6.07, 6.45) is 4.32. The molecule has 1 aromatic rings. The summed E-state index contributed by atoms with van der Waals surface area (Å²) in [5.41, 5.74) is 12.1. The SMILES string of the molecule is NC(=O)CC(C1CCCC(C(=O)OCc2ccccc2)CCC1)C(N)C(=O)O. The van der Waals surface area contributed by atoms with Gasteiger partial charge in [0.05, 0.1) is 5.92 Å². The standard InChI is InChI=1S/C21H30N2O5/c22-18(24)12-17(19(23)20(25)26)15-8-4-10-16(11-5-9-15)21(27)28-13-14-6-2-1-3-7-14/h1-3,6-7,15-17,19H,4-5,8-13,23H2,(H2,22,24)(H,25,26). The van der Waals surface area contributed by atoms with E-state index in [2.05, 4.69) is 0 Å². The fourth-order valence-corrected chi connectivity index (χ4v) is 4.05. The van der Waals surface area contributed by atoms with E-state index in [0.29, 0.717) is 12.8 Å². The Labute approximate surface area is 165 Å². The maximum atomic E-state index is 12.4. The number of amides is 1. The molecule has 154 valence electrons. The lowest BCUT2D eigenvalue weighted by molar-refractivity contribution is -0.150. The molecule has 0 saturated heterocycles. The van der Waals surface area contributed by atoms with Crippen LogP contribution >= 0.6 is 0 Å². The molecular weight excluding hydrogens is 360 g/mol. The topological polar surface area (TPSA) is 133 Å². The van der Waals surface area contributed by atoms with E-state index < -0.39 is 23.8 Å². The first kappa shape index (κ1) is 21.9. The molecule has 1 amide bonds. The van der Waals surface area contributed by atoms with Gasteiger partial charge in [0.1, 0.15) is 12.6 Å². The molecule has 1 aromatic carbocycles. The van der Waals surface area contributed by atoms with Crippen LogP contribution in [-0.4, -0.2) is 29.0 Å². The molecule has 7 heteroatoms. The second kappa shape index (κ2) is 10.8. The van der Waals surface area contributed by atoms with E-state index in [1.54, 1.807) is 0 Å². The normalized spacial score (nSPS) is 22.3. The predicted molar refractivity (Wildman–Crippen MR) is 104 cm³/mol. The summed E-state index contributed by atoms with van der Waals surface area (Å²) >= 11 is 0. The number of primary amides is 1. The fourth-order valence-electron chi connectivity index (χ4n) is 4.05. The van der Waals surface area contributed by atoms with Crippen molar-refractivity contribution >= 4 is 17.8 Å². The zero-order valence-electron chi connectivity index (χ0n) is 16.1. The van der Waals surface area contributed by atoms with Crippen LogP contribution in [0.3, 0.4) is 0 Å². The van der Waals surface area contributed by atoms with Crippen molar-refractivity contribution in [2.24, 2.45) is 29.2 Å². The Morgan fingerprint density at radius 3 is 2.21 bits per heavy atom. The number of carbonyl (C=O) groups excluding carboxylic acids is 2. The van der Waals surface area contributed by atoms with Crippen molar-refractivity contribution in [2.45, 2.75) is 57.6 Å². The Hall–Kier alpha value is -2.41. The molecule has 28 heavy (non-hydrogen) atoms. The Morgan fingerprint density at radius 1 is 1.07 bits per heavy atom. The van der Waals surface area contributed by atoms with Gasteiger partial charge in [0.2, 0.25) is 5.91 Å². The molecule has 0 heterocycles. The Balaban J connectivity index is 1.88. The largest absolute Gasteiger partial charge is 0.480 e. The summed E-state index contributed by atoms with van der Waals surface area (Å²) in [6.45, 7) is 0.271. The van der Waals surface area contributed by atoms with E-state index in [1.807, 2.05) is 30.3 Å². The zero-order valence-corrected chi connectivity index (χ0v) is 16.1. The average molecular weight is 390 g/mol. The van der Waals surface area contributed by atoms with Crippen LogP contribution in [0, 0.1) is 17.8 Å². The van der Waals surface area contributed by atoms with Crippen molar-refractivity contribution in [3.63, 3.8) is 0 Å². The Bertz CT molecular complexity index is 654. The highest BCUT2D eigenvalue weighted by molar-refractivity contribution is 5.78. The Morgan fingerprint density at radius 2 is 1.68 bits per heavy atom. The van der Waals surface area contributed by atoms with Crippen molar-refractivity contribution in [2.75, 3.05) is 0 Å². The number of hydrogen-bond donors (Lipinski definition) is 3. The van der Waals surface area contributed by atoms with Gasteiger partial charge in [-0.05, 0) is 30.2 Å². The molecule has 1 fully saturated rings. The van der Waals surface area contributed by atoms with Crippen molar-refractivity contribution in [1.29, 1.82) is 0 Å². The number of carbonyl (C=O) groups is 3.